The molecule has 0 unspecified atom stereocenters. The van der Waals surface area contributed by atoms with Gasteiger partial charge in [-0.3, -0.25) is 4.79 Å². The third-order valence-electron chi connectivity index (χ3n) is 3.19. The Morgan fingerprint density at radius 3 is 2.67 bits per heavy atom. The van der Waals surface area contributed by atoms with Gasteiger partial charge in [0.15, 0.2) is 0 Å². The van der Waals surface area contributed by atoms with Gasteiger partial charge in [-0.25, -0.2) is 0 Å². The van der Waals surface area contributed by atoms with Gasteiger partial charge in [0, 0.05) is 16.3 Å². The Kier molecular flexibility index (Phi) is 2.65. The van der Waals surface area contributed by atoms with Crippen LogP contribution in [-0.4, -0.2) is 18.9 Å². The molecular weight excluding hydrogens is 225 g/mol. The quantitative estimate of drug-likeness (QED) is 0.516. The summed E-state index contributed by atoms with van der Waals surface area (Å²) in [6.07, 6.45) is 0.877. The fourth-order valence-corrected chi connectivity index (χ4v) is 2.41. The van der Waals surface area contributed by atoms with Gasteiger partial charge in [-0.1, -0.05) is 18.2 Å². The molecule has 4 heteroatoms. The van der Waals surface area contributed by atoms with Gasteiger partial charge in [0.2, 0.25) is 0 Å². The molecule has 3 aromatic rings. The predicted octanol–water partition coefficient (Wildman–Crippen LogP) is 2.13. The number of fused-ring (bicyclic) bond motifs is 3. The highest BCUT2D eigenvalue weighted by molar-refractivity contribution is 6.09. The van der Waals surface area contributed by atoms with E-state index in [2.05, 4.69) is 16.7 Å². The Labute approximate surface area is 105 Å². The highest BCUT2D eigenvalue weighted by Gasteiger charge is 2.09. The first kappa shape index (κ1) is 11.0. The maximum atomic E-state index is 10.9. The third-order valence-corrected chi connectivity index (χ3v) is 3.19. The summed E-state index contributed by atoms with van der Waals surface area (Å²) in [5.74, 6) is 0. The number of carbonyl (C=O) groups is 1. The highest BCUT2D eigenvalue weighted by atomic mass is 16.4. The van der Waals surface area contributed by atoms with Crippen LogP contribution in [0.5, 0.6) is 0 Å². The monoisotopic (exact) mass is 237 g/mol. The first-order valence-electron chi connectivity index (χ1n) is 5.80. The van der Waals surface area contributed by atoms with Crippen LogP contribution in [0.3, 0.4) is 0 Å². The van der Waals surface area contributed by atoms with Crippen molar-refractivity contribution in [3.63, 3.8) is 0 Å². The van der Waals surface area contributed by atoms with Crippen LogP contribution in [0.4, 0.5) is 0 Å². The van der Waals surface area contributed by atoms with Crippen LogP contribution in [0, 0.1) is 0 Å². The Bertz CT molecular complexity index is 733. The molecule has 2 aromatic carbocycles. The van der Waals surface area contributed by atoms with Crippen molar-refractivity contribution in [2.75, 3.05) is 0 Å². The van der Waals surface area contributed by atoms with E-state index in [4.69, 9.17) is 4.65 Å². The van der Waals surface area contributed by atoms with Gasteiger partial charge in [-0.2, -0.15) is 0 Å². The Morgan fingerprint density at radius 1 is 1.11 bits per heavy atom. The molecule has 18 heavy (non-hydrogen) atoms. The zero-order valence-electron chi connectivity index (χ0n) is 10.1. The van der Waals surface area contributed by atoms with Gasteiger partial charge >= 0.3 is 0 Å². The lowest BCUT2D eigenvalue weighted by atomic mass is 10.1. The van der Waals surface area contributed by atoms with Crippen molar-refractivity contribution in [3.8, 4) is 0 Å². The van der Waals surface area contributed by atoms with Crippen LogP contribution in [0.1, 0.15) is 10.4 Å². The van der Waals surface area contributed by atoms with Gasteiger partial charge in [0.1, 0.15) is 13.0 Å². The number of aromatic nitrogens is 1. The molecule has 0 spiro atoms. The van der Waals surface area contributed by atoms with Crippen LogP contribution >= 0.6 is 0 Å². The molecular formula is C14H12BNO2. The van der Waals surface area contributed by atoms with E-state index in [1.54, 1.807) is 8.05 Å². The number of carbonyl (C=O) groups excluding carboxylic acids is 1. The number of hydrogen-bond acceptors (Lipinski definition) is 2. The molecule has 0 aliphatic heterocycles. The third kappa shape index (κ3) is 1.54. The predicted molar refractivity (Wildman–Crippen MR) is 74.5 cm³/mol. The molecule has 0 bridgehead atoms. The average Bonchev–Trinajstić information content (AvgIpc) is 2.74. The van der Waals surface area contributed by atoms with E-state index in [1.807, 2.05) is 30.3 Å². The maximum Gasteiger partial charge on any atom is 0.259 e. The Hall–Kier alpha value is -2.07. The minimum atomic E-state index is 0.504. The van der Waals surface area contributed by atoms with E-state index in [0.717, 1.165) is 28.1 Å². The van der Waals surface area contributed by atoms with Crippen molar-refractivity contribution in [2.24, 2.45) is 0 Å². The minimum absolute atomic E-state index is 0.504. The van der Waals surface area contributed by atoms with Gasteiger partial charge < -0.3 is 9.22 Å². The molecule has 0 aliphatic rings. The first-order valence-corrected chi connectivity index (χ1v) is 5.80. The normalized spacial score (nSPS) is 11.1. The summed E-state index contributed by atoms with van der Waals surface area (Å²) in [4.78, 5) is 10.9. The Balaban J connectivity index is 2.45. The Morgan fingerprint density at radius 2 is 1.89 bits per heavy atom. The van der Waals surface area contributed by atoms with Crippen molar-refractivity contribution in [1.29, 1.82) is 0 Å². The van der Waals surface area contributed by atoms with E-state index in [0.29, 0.717) is 12.3 Å². The fourth-order valence-electron chi connectivity index (χ4n) is 2.41. The number of rotatable bonds is 3. The molecule has 3 rings (SSSR count). The standard InChI is InChI=1S/C14H12BNO2/c15-18-9-16-13-4-2-1-3-11(13)12-7-10(8-17)5-6-14(12)16/h1-8H,9,15H2. The number of nitrogens with zero attached hydrogens (tertiary/aromatic N) is 1. The summed E-state index contributed by atoms with van der Waals surface area (Å²) in [5.41, 5.74) is 2.91. The topological polar surface area (TPSA) is 31.2 Å². The summed E-state index contributed by atoms with van der Waals surface area (Å²) in [6, 6.07) is 13.9. The zero-order chi connectivity index (χ0) is 12.5. The molecule has 0 amide bonds. The van der Waals surface area contributed by atoms with Crippen molar-refractivity contribution >= 4 is 36.1 Å². The summed E-state index contributed by atoms with van der Waals surface area (Å²) in [7, 11) is 1.68. The summed E-state index contributed by atoms with van der Waals surface area (Å²) >= 11 is 0. The number of hydrogen-bond donors (Lipinski definition) is 0. The molecule has 3 nitrogen and oxygen atoms in total. The van der Waals surface area contributed by atoms with Gasteiger partial charge in [-0.05, 0) is 24.3 Å². The summed E-state index contributed by atoms with van der Waals surface area (Å²) < 4.78 is 7.36. The van der Waals surface area contributed by atoms with Crippen molar-refractivity contribution in [1.82, 2.24) is 4.57 Å². The molecule has 0 aliphatic carbocycles. The molecule has 0 N–H and O–H groups in total. The summed E-state index contributed by atoms with van der Waals surface area (Å²) in [6.45, 7) is 0.504. The second kappa shape index (κ2) is 4.31. The fraction of sp³-hybridized carbons (Fsp3) is 0.0714. The van der Waals surface area contributed by atoms with E-state index in [9.17, 15) is 4.79 Å². The molecule has 1 aromatic heterocycles. The lowest BCUT2D eigenvalue weighted by Gasteiger charge is -2.05. The van der Waals surface area contributed by atoms with Crippen LogP contribution < -0.4 is 0 Å². The minimum Gasteiger partial charge on any atom is -0.427 e. The summed E-state index contributed by atoms with van der Waals surface area (Å²) in [5, 5.41) is 2.24. The van der Waals surface area contributed by atoms with E-state index in [-0.39, 0.29) is 0 Å². The second-order valence-corrected chi connectivity index (χ2v) is 4.26. The molecule has 1 heterocycles. The molecule has 88 valence electrons. The smallest absolute Gasteiger partial charge is 0.259 e. The van der Waals surface area contributed by atoms with Crippen molar-refractivity contribution in [3.05, 3.63) is 48.0 Å². The largest absolute Gasteiger partial charge is 0.427 e. The van der Waals surface area contributed by atoms with Crippen LogP contribution in [0.25, 0.3) is 21.8 Å². The number of para-hydroxylation sites is 1. The lowest BCUT2D eigenvalue weighted by Crippen LogP contribution is -1.99. The molecule has 0 atom stereocenters. The second-order valence-electron chi connectivity index (χ2n) is 4.26. The van der Waals surface area contributed by atoms with Crippen LogP contribution in [0.2, 0.25) is 0 Å². The van der Waals surface area contributed by atoms with E-state index in [1.165, 1.54) is 0 Å². The first-order chi connectivity index (χ1) is 8.85. The lowest BCUT2D eigenvalue weighted by molar-refractivity contribution is 0.112. The van der Waals surface area contributed by atoms with Gasteiger partial charge in [-0.15, -0.1) is 0 Å². The molecule has 0 radical (unpaired) electrons. The van der Waals surface area contributed by atoms with Crippen LogP contribution in [0.15, 0.2) is 42.5 Å². The maximum absolute atomic E-state index is 10.9. The number of aldehydes is 1. The van der Waals surface area contributed by atoms with Crippen molar-refractivity contribution < 1.29 is 9.45 Å². The SMILES string of the molecule is BOCn1c2ccccc2c2cc(C=O)ccc21. The molecule has 0 saturated heterocycles. The van der Waals surface area contributed by atoms with Gasteiger partial charge in [0.25, 0.3) is 8.05 Å². The number of benzene rings is 2. The van der Waals surface area contributed by atoms with Crippen LogP contribution in [-0.2, 0) is 11.4 Å². The van der Waals surface area contributed by atoms with Gasteiger partial charge in [0.05, 0.1) is 11.0 Å². The van der Waals surface area contributed by atoms with Crippen molar-refractivity contribution in [2.45, 2.75) is 6.73 Å². The molecule has 0 saturated carbocycles. The highest BCUT2D eigenvalue weighted by Crippen LogP contribution is 2.29. The van der Waals surface area contributed by atoms with E-state index < -0.39 is 0 Å². The average molecular weight is 237 g/mol. The zero-order valence-corrected chi connectivity index (χ0v) is 10.1. The molecule has 0 fully saturated rings. The van der Waals surface area contributed by atoms with E-state index >= 15 is 0 Å².